The van der Waals surface area contributed by atoms with E-state index >= 15 is 0 Å². The summed E-state index contributed by atoms with van der Waals surface area (Å²) in [5.41, 5.74) is 6.56. The van der Waals surface area contributed by atoms with Gasteiger partial charge in [0.15, 0.2) is 0 Å². The van der Waals surface area contributed by atoms with Crippen LogP contribution < -0.4 is 11.1 Å². The first-order chi connectivity index (χ1) is 9.56. The van der Waals surface area contributed by atoms with E-state index in [2.05, 4.69) is 29.0 Å². The molecule has 0 spiro atoms. The van der Waals surface area contributed by atoms with Crippen molar-refractivity contribution in [1.82, 2.24) is 15.2 Å². The molecule has 1 amide bonds. The molecule has 0 aliphatic heterocycles. The number of nitrogens with two attached hydrogens (primary N) is 1. The third kappa shape index (κ3) is 5.98. The zero-order valence-electron chi connectivity index (χ0n) is 12.7. The number of thiazole rings is 1. The summed E-state index contributed by atoms with van der Waals surface area (Å²) in [6, 6.07) is -0.0640. The van der Waals surface area contributed by atoms with Crippen LogP contribution in [0.5, 0.6) is 0 Å². The third-order valence-corrected chi connectivity index (χ3v) is 4.26. The quantitative estimate of drug-likeness (QED) is 0.679. The van der Waals surface area contributed by atoms with Crippen LogP contribution in [0.3, 0.4) is 0 Å². The van der Waals surface area contributed by atoms with E-state index in [4.69, 9.17) is 5.73 Å². The summed E-state index contributed by atoms with van der Waals surface area (Å²) < 4.78 is 0. The highest BCUT2D eigenvalue weighted by Crippen LogP contribution is 2.15. The number of hydrogen-bond acceptors (Lipinski definition) is 5. The minimum absolute atomic E-state index is 0.0334. The summed E-state index contributed by atoms with van der Waals surface area (Å²) >= 11 is 1.52. The van der Waals surface area contributed by atoms with Crippen molar-refractivity contribution in [2.75, 3.05) is 26.2 Å². The first-order valence-corrected chi connectivity index (χ1v) is 8.13. The van der Waals surface area contributed by atoms with Gasteiger partial charge in [-0.15, -0.1) is 11.3 Å². The molecule has 0 radical (unpaired) electrons. The highest BCUT2D eigenvalue weighted by Gasteiger charge is 2.09. The fourth-order valence-corrected chi connectivity index (χ4v) is 2.69. The highest BCUT2D eigenvalue weighted by molar-refractivity contribution is 7.09. The second-order valence-corrected chi connectivity index (χ2v) is 5.76. The van der Waals surface area contributed by atoms with E-state index in [1.807, 2.05) is 12.3 Å². The molecule has 3 N–H and O–H groups in total. The molecule has 1 aromatic heterocycles. The maximum atomic E-state index is 11.8. The Kier molecular flexibility index (Phi) is 7.72. The summed E-state index contributed by atoms with van der Waals surface area (Å²) in [5.74, 6) is 0.0334. The van der Waals surface area contributed by atoms with Crippen molar-refractivity contribution in [2.45, 2.75) is 39.7 Å². The molecule has 1 atom stereocenters. The van der Waals surface area contributed by atoms with Crippen LogP contribution in [0.4, 0.5) is 0 Å². The fourth-order valence-electron chi connectivity index (χ4n) is 1.91. The Morgan fingerprint density at radius 1 is 1.50 bits per heavy atom. The van der Waals surface area contributed by atoms with Gasteiger partial charge in [0.25, 0.3) is 0 Å². The van der Waals surface area contributed by atoms with Gasteiger partial charge in [-0.1, -0.05) is 13.8 Å². The van der Waals surface area contributed by atoms with Crippen molar-refractivity contribution in [3.8, 4) is 0 Å². The molecule has 0 aliphatic rings. The average molecular weight is 298 g/mol. The summed E-state index contributed by atoms with van der Waals surface area (Å²) in [6.45, 7) is 10.1. The topological polar surface area (TPSA) is 71.2 Å². The number of nitrogens with one attached hydrogen (secondary N) is 1. The lowest BCUT2D eigenvalue weighted by atomic mass is 10.3. The molecule has 0 saturated carbocycles. The highest BCUT2D eigenvalue weighted by atomic mass is 32.1. The first-order valence-electron chi connectivity index (χ1n) is 7.25. The van der Waals surface area contributed by atoms with E-state index < -0.39 is 0 Å². The number of nitrogens with zero attached hydrogens (tertiary/aromatic N) is 2. The SMILES string of the molecule is CCN(CC)CCCNC(=O)Cc1csc(C(C)N)n1. The monoisotopic (exact) mass is 298 g/mol. The lowest BCUT2D eigenvalue weighted by Crippen LogP contribution is -2.30. The van der Waals surface area contributed by atoms with E-state index in [1.165, 1.54) is 11.3 Å². The summed E-state index contributed by atoms with van der Waals surface area (Å²) in [6.07, 6.45) is 1.32. The van der Waals surface area contributed by atoms with Crippen molar-refractivity contribution in [3.05, 3.63) is 16.1 Å². The predicted molar refractivity (Wildman–Crippen MR) is 83.8 cm³/mol. The Labute approximate surface area is 125 Å². The number of rotatable bonds is 9. The first kappa shape index (κ1) is 17.1. The lowest BCUT2D eigenvalue weighted by molar-refractivity contribution is -0.120. The molecular formula is C14H26N4OS. The van der Waals surface area contributed by atoms with Gasteiger partial charge in [-0.3, -0.25) is 4.79 Å². The molecular weight excluding hydrogens is 272 g/mol. The Bertz CT molecular complexity index is 402. The summed E-state index contributed by atoms with van der Waals surface area (Å²) in [4.78, 5) is 18.5. The zero-order chi connectivity index (χ0) is 15.0. The van der Waals surface area contributed by atoms with Crippen molar-refractivity contribution >= 4 is 17.2 Å². The molecule has 6 heteroatoms. The van der Waals surface area contributed by atoms with E-state index in [-0.39, 0.29) is 11.9 Å². The Morgan fingerprint density at radius 3 is 2.75 bits per heavy atom. The molecule has 114 valence electrons. The van der Waals surface area contributed by atoms with Crippen molar-refractivity contribution in [3.63, 3.8) is 0 Å². The zero-order valence-corrected chi connectivity index (χ0v) is 13.5. The van der Waals surface area contributed by atoms with Crippen molar-refractivity contribution in [2.24, 2.45) is 5.73 Å². The van der Waals surface area contributed by atoms with E-state index in [0.29, 0.717) is 6.42 Å². The molecule has 1 unspecified atom stereocenters. The molecule has 0 aromatic carbocycles. The third-order valence-electron chi connectivity index (χ3n) is 3.17. The Morgan fingerprint density at radius 2 is 2.20 bits per heavy atom. The van der Waals surface area contributed by atoms with Crippen LogP contribution in [0.25, 0.3) is 0 Å². The van der Waals surface area contributed by atoms with Gasteiger partial charge in [0.1, 0.15) is 5.01 Å². The number of carbonyl (C=O) groups is 1. The summed E-state index contributed by atoms with van der Waals surface area (Å²) in [5, 5.41) is 5.74. The lowest BCUT2D eigenvalue weighted by Gasteiger charge is -2.17. The number of amides is 1. The van der Waals surface area contributed by atoms with E-state index in [9.17, 15) is 4.79 Å². The molecule has 1 aromatic rings. The van der Waals surface area contributed by atoms with Gasteiger partial charge >= 0.3 is 0 Å². The number of hydrogen-bond donors (Lipinski definition) is 2. The van der Waals surface area contributed by atoms with Crippen LogP contribution in [0.2, 0.25) is 0 Å². The molecule has 1 rings (SSSR count). The van der Waals surface area contributed by atoms with Crippen LogP contribution in [0.15, 0.2) is 5.38 Å². The molecule has 20 heavy (non-hydrogen) atoms. The van der Waals surface area contributed by atoms with Crippen LogP contribution in [-0.4, -0.2) is 42.0 Å². The van der Waals surface area contributed by atoms with Gasteiger partial charge in [-0.05, 0) is 33.0 Å². The fraction of sp³-hybridized carbons (Fsp3) is 0.714. The molecule has 0 saturated heterocycles. The van der Waals surface area contributed by atoms with Crippen LogP contribution >= 0.6 is 11.3 Å². The van der Waals surface area contributed by atoms with Gasteiger partial charge in [0.2, 0.25) is 5.91 Å². The molecule has 0 fully saturated rings. The van der Waals surface area contributed by atoms with Gasteiger partial charge in [-0.2, -0.15) is 0 Å². The molecule has 0 aliphatic carbocycles. The van der Waals surface area contributed by atoms with Gasteiger partial charge in [-0.25, -0.2) is 4.98 Å². The second-order valence-electron chi connectivity index (χ2n) is 4.87. The Balaban J connectivity index is 2.23. The van der Waals surface area contributed by atoms with Gasteiger partial charge in [0, 0.05) is 11.9 Å². The standard InChI is InChI=1S/C14H26N4OS/c1-4-18(5-2)8-6-7-16-13(19)9-12-10-20-14(17-12)11(3)15/h10-11H,4-9,15H2,1-3H3,(H,16,19). The Hall–Kier alpha value is -0.980. The smallest absolute Gasteiger partial charge is 0.226 e. The second kappa shape index (κ2) is 9.05. The largest absolute Gasteiger partial charge is 0.356 e. The number of carbonyl (C=O) groups excluding carboxylic acids is 1. The van der Waals surface area contributed by atoms with Gasteiger partial charge in [0.05, 0.1) is 18.2 Å². The van der Waals surface area contributed by atoms with E-state index in [0.717, 1.165) is 43.3 Å². The van der Waals surface area contributed by atoms with Gasteiger partial charge < -0.3 is 16.0 Å². The molecule has 0 bridgehead atoms. The molecule has 5 nitrogen and oxygen atoms in total. The molecule has 1 heterocycles. The van der Waals surface area contributed by atoms with Crippen LogP contribution in [0, 0.1) is 0 Å². The van der Waals surface area contributed by atoms with E-state index in [1.54, 1.807) is 0 Å². The minimum Gasteiger partial charge on any atom is -0.356 e. The average Bonchev–Trinajstić information content (AvgIpc) is 2.87. The maximum Gasteiger partial charge on any atom is 0.226 e. The van der Waals surface area contributed by atoms with Crippen molar-refractivity contribution in [1.29, 1.82) is 0 Å². The van der Waals surface area contributed by atoms with Crippen LogP contribution in [-0.2, 0) is 11.2 Å². The summed E-state index contributed by atoms with van der Waals surface area (Å²) in [7, 11) is 0. The normalized spacial score (nSPS) is 12.7. The van der Waals surface area contributed by atoms with Crippen molar-refractivity contribution < 1.29 is 4.79 Å². The minimum atomic E-state index is -0.0640. The number of aromatic nitrogens is 1. The predicted octanol–water partition coefficient (Wildman–Crippen LogP) is 1.55. The maximum absolute atomic E-state index is 11.8. The van der Waals surface area contributed by atoms with Crippen LogP contribution in [0.1, 0.15) is 43.9 Å².